The highest BCUT2D eigenvalue weighted by Gasteiger charge is 2.08. The molecule has 0 bridgehead atoms. The predicted molar refractivity (Wildman–Crippen MR) is 87.3 cm³/mol. The van der Waals surface area contributed by atoms with Crippen molar-refractivity contribution in [1.82, 2.24) is 9.97 Å². The third-order valence-electron chi connectivity index (χ3n) is 3.20. The zero-order chi connectivity index (χ0) is 16.8. The number of carbonyl (C=O) groups excluding carboxylic acids is 1. The standard InChI is InChI=1S/C18H14FN3O2/c19-16-5-2-1-4-13(16)12-17(23)22-14-6-8-15(9-7-14)24-18-20-10-3-11-21-18/h1-11H,12H2,(H,22,23). The van der Waals surface area contributed by atoms with Crippen LogP contribution in [0.4, 0.5) is 10.1 Å². The summed E-state index contributed by atoms with van der Waals surface area (Å²) in [4.78, 5) is 19.9. The van der Waals surface area contributed by atoms with Crippen molar-refractivity contribution in [3.05, 3.63) is 78.4 Å². The van der Waals surface area contributed by atoms with Crippen LogP contribution in [0.25, 0.3) is 0 Å². The average molecular weight is 323 g/mol. The van der Waals surface area contributed by atoms with E-state index in [1.54, 1.807) is 60.9 Å². The summed E-state index contributed by atoms with van der Waals surface area (Å²) in [7, 11) is 0. The van der Waals surface area contributed by atoms with E-state index >= 15 is 0 Å². The van der Waals surface area contributed by atoms with Gasteiger partial charge in [0.1, 0.15) is 11.6 Å². The van der Waals surface area contributed by atoms with Crippen LogP contribution in [0.15, 0.2) is 67.0 Å². The second-order valence-corrected chi connectivity index (χ2v) is 4.97. The Morgan fingerprint density at radius 3 is 2.42 bits per heavy atom. The number of anilines is 1. The van der Waals surface area contributed by atoms with Crippen molar-refractivity contribution in [2.24, 2.45) is 0 Å². The molecule has 120 valence electrons. The summed E-state index contributed by atoms with van der Waals surface area (Å²) in [6.07, 6.45) is 3.14. The van der Waals surface area contributed by atoms with Crippen LogP contribution in [0.3, 0.4) is 0 Å². The number of amides is 1. The molecule has 0 atom stereocenters. The fraction of sp³-hybridized carbons (Fsp3) is 0.0556. The molecule has 0 saturated carbocycles. The van der Waals surface area contributed by atoms with Crippen molar-refractivity contribution < 1.29 is 13.9 Å². The highest BCUT2D eigenvalue weighted by Crippen LogP contribution is 2.20. The van der Waals surface area contributed by atoms with Crippen LogP contribution in [-0.2, 0) is 11.2 Å². The summed E-state index contributed by atoms with van der Waals surface area (Å²) in [5.41, 5.74) is 0.953. The van der Waals surface area contributed by atoms with E-state index in [1.165, 1.54) is 6.07 Å². The molecule has 0 aliphatic carbocycles. The van der Waals surface area contributed by atoms with Gasteiger partial charge in [0.05, 0.1) is 6.42 Å². The normalized spacial score (nSPS) is 10.2. The largest absolute Gasteiger partial charge is 0.424 e. The summed E-state index contributed by atoms with van der Waals surface area (Å²) in [6.45, 7) is 0. The molecule has 6 heteroatoms. The van der Waals surface area contributed by atoms with Gasteiger partial charge in [-0.2, -0.15) is 0 Å². The molecule has 2 aromatic carbocycles. The van der Waals surface area contributed by atoms with Gasteiger partial charge in [-0.25, -0.2) is 14.4 Å². The molecule has 1 amide bonds. The van der Waals surface area contributed by atoms with Gasteiger partial charge in [-0.15, -0.1) is 0 Å². The van der Waals surface area contributed by atoms with Gasteiger partial charge in [0.2, 0.25) is 5.91 Å². The maximum Gasteiger partial charge on any atom is 0.321 e. The van der Waals surface area contributed by atoms with Gasteiger partial charge < -0.3 is 10.1 Å². The fourth-order valence-electron chi connectivity index (χ4n) is 2.07. The second-order valence-electron chi connectivity index (χ2n) is 4.97. The molecule has 0 saturated heterocycles. The number of rotatable bonds is 5. The Kier molecular flexibility index (Phi) is 4.76. The number of nitrogens with one attached hydrogen (secondary N) is 1. The molecule has 0 fully saturated rings. The molecule has 1 N–H and O–H groups in total. The van der Waals surface area contributed by atoms with E-state index in [0.29, 0.717) is 17.0 Å². The van der Waals surface area contributed by atoms with E-state index in [4.69, 9.17) is 4.74 Å². The van der Waals surface area contributed by atoms with Crippen LogP contribution in [0, 0.1) is 5.82 Å². The summed E-state index contributed by atoms with van der Waals surface area (Å²) < 4.78 is 19.0. The minimum absolute atomic E-state index is 0.0250. The highest BCUT2D eigenvalue weighted by atomic mass is 19.1. The molecule has 5 nitrogen and oxygen atoms in total. The maximum absolute atomic E-state index is 13.5. The van der Waals surface area contributed by atoms with Crippen molar-refractivity contribution in [2.45, 2.75) is 6.42 Å². The van der Waals surface area contributed by atoms with E-state index in [9.17, 15) is 9.18 Å². The first-order valence-electron chi connectivity index (χ1n) is 7.29. The molecule has 0 aliphatic rings. The smallest absolute Gasteiger partial charge is 0.321 e. The molecule has 0 radical (unpaired) electrons. The third kappa shape index (κ3) is 4.13. The molecular weight excluding hydrogens is 309 g/mol. The lowest BCUT2D eigenvalue weighted by molar-refractivity contribution is -0.115. The number of hydrogen-bond acceptors (Lipinski definition) is 4. The van der Waals surface area contributed by atoms with Crippen LogP contribution < -0.4 is 10.1 Å². The number of benzene rings is 2. The van der Waals surface area contributed by atoms with Gasteiger partial charge in [-0.1, -0.05) is 18.2 Å². The lowest BCUT2D eigenvalue weighted by Gasteiger charge is -2.07. The van der Waals surface area contributed by atoms with E-state index < -0.39 is 0 Å². The first-order chi connectivity index (χ1) is 11.7. The van der Waals surface area contributed by atoms with Gasteiger partial charge in [-0.05, 0) is 42.0 Å². The van der Waals surface area contributed by atoms with E-state index in [1.807, 2.05) is 0 Å². The molecule has 24 heavy (non-hydrogen) atoms. The van der Waals surface area contributed by atoms with Crippen LogP contribution >= 0.6 is 0 Å². The Hall–Kier alpha value is -3.28. The number of aromatic nitrogens is 2. The predicted octanol–water partition coefficient (Wildman–Crippen LogP) is 3.59. The van der Waals surface area contributed by atoms with Gasteiger partial charge in [0.15, 0.2) is 0 Å². The number of halogens is 1. The maximum atomic E-state index is 13.5. The van der Waals surface area contributed by atoms with Crippen molar-refractivity contribution in [2.75, 3.05) is 5.32 Å². The number of nitrogens with zero attached hydrogens (tertiary/aromatic N) is 2. The second kappa shape index (κ2) is 7.32. The van der Waals surface area contributed by atoms with E-state index in [2.05, 4.69) is 15.3 Å². The minimum atomic E-state index is -0.390. The Morgan fingerprint density at radius 2 is 1.71 bits per heavy atom. The molecule has 3 rings (SSSR count). The number of carbonyl (C=O) groups is 1. The SMILES string of the molecule is O=C(Cc1ccccc1F)Nc1ccc(Oc2ncccn2)cc1. The van der Waals surface area contributed by atoms with E-state index in [0.717, 1.165) is 0 Å². The minimum Gasteiger partial charge on any atom is -0.424 e. The van der Waals surface area contributed by atoms with Crippen molar-refractivity contribution in [1.29, 1.82) is 0 Å². The highest BCUT2D eigenvalue weighted by molar-refractivity contribution is 5.92. The zero-order valence-electron chi connectivity index (χ0n) is 12.6. The first-order valence-corrected chi connectivity index (χ1v) is 7.29. The summed E-state index contributed by atoms with van der Waals surface area (Å²) in [5, 5.41) is 2.72. The topological polar surface area (TPSA) is 64.1 Å². The number of hydrogen-bond donors (Lipinski definition) is 1. The van der Waals surface area contributed by atoms with Gasteiger partial charge in [0.25, 0.3) is 0 Å². The van der Waals surface area contributed by atoms with Crippen LogP contribution in [0.5, 0.6) is 11.8 Å². The molecular formula is C18H14FN3O2. The fourth-order valence-corrected chi connectivity index (χ4v) is 2.07. The molecule has 0 unspecified atom stereocenters. The average Bonchev–Trinajstić information content (AvgIpc) is 2.60. The lowest BCUT2D eigenvalue weighted by atomic mass is 10.1. The quantitative estimate of drug-likeness (QED) is 0.779. The zero-order valence-corrected chi connectivity index (χ0v) is 12.6. The Morgan fingerprint density at radius 1 is 1.00 bits per heavy atom. The van der Waals surface area contributed by atoms with Crippen LogP contribution in [0.1, 0.15) is 5.56 Å². The van der Waals surface area contributed by atoms with Crippen LogP contribution in [-0.4, -0.2) is 15.9 Å². The van der Waals surface area contributed by atoms with E-state index in [-0.39, 0.29) is 24.2 Å². The molecule has 1 heterocycles. The third-order valence-corrected chi connectivity index (χ3v) is 3.20. The summed E-state index contributed by atoms with van der Waals surface area (Å²) in [5.74, 6) is -0.132. The van der Waals surface area contributed by atoms with Crippen molar-refractivity contribution >= 4 is 11.6 Å². The van der Waals surface area contributed by atoms with Crippen molar-refractivity contribution in [3.63, 3.8) is 0 Å². The van der Waals surface area contributed by atoms with Gasteiger partial charge >= 0.3 is 6.01 Å². The monoisotopic (exact) mass is 323 g/mol. The van der Waals surface area contributed by atoms with Crippen molar-refractivity contribution in [3.8, 4) is 11.8 Å². The van der Waals surface area contributed by atoms with Crippen LogP contribution in [0.2, 0.25) is 0 Å². The summed E-state index contributed by atoms with van der Waals surface area (Å²) in [6, 6.07) is 14.9. The number of ether oxygens (including phenoxy) is 1. The summed E-state index contributed by atoms with van der Waals surface area (Å²) >= 11 is 0. The Labute approximate surface area is 138 Å². The van der Waals surface area contributed by atoms with Gasteiger partial charge in [-0.3, -0.25) is 4.79 Å². The molecule has 3 aromatic rings. The molecule has 0 aliphatic heterocycles. The van der Waals surface area contributed by atoms with Gasteiger partial charge in [0, 0.05) is 18.1 Å². The Bertz CT molecular complexity index is 823. The first kappa shape index (κ1) is 15.6. The molecule has 0 spiro atoms. The molecule has 1 aromatic heterocycles. The lowest BCUT2D eigenvalue weighted by Crippen LogP contribution is -2.15. The Balaban J connectivity index is 1.60.